The van der Waals surface area contributed by atoms with Crippen LogP contribution in [0.4, 0.5) is 4.39 Å². The normalized spacial score (nSPS) is 11.1. The molecule has 1 amide bonds. The van der Waals surface area contributed by atoms with E-state index in [0.29, 0.717) is 5.75 Å². The third-order valence-electron chi connectivity index (χ3n) is 3.11. The fourth-order valence-electron chi connectivity index (χ4n) is 1.89. The molecule has 0 fully saturated rings. The second-order valence-corrected chi connectivity index (χ2v) is 6.25. The second-order valence-electron chi connectivity index (χ2n) is 4.72. The summed E-state index contributed by atoms with van der Waals surface area (Å²) in [6.45, 7) is 0.227. The van der Waals surface area contributed by atoms with E-state index >= 15 is 0 Å². The van der Waals surface area contributed by atoms with Gasteiger partial charge in [0, 0.05) is 12.1 Å². The van der Waals surface area contributed by atoms with Gasteiger partial charge in [0.2, 0.25) is 10.0 Å². The summed E-state index contributed by atoms with van der Waals surface area (Å²) in [6, 6.07) is 10.0. The summed E-state index contributed by atoms with van der Waals surface area (Å²) in [5, 5.41) is 7.52. The smallest absolute Gasteiger partial charge is 0.251 e. The summed E-state index contributed by atoms with van der Waals surface area (Å²) in [4.78, 5) is 11.3. The van der Waals surface area contributed by atoms with Gasteiger partial charge < -0.3 is 10.1 Å². The van der Waals surface area contributed by atoms with Crippen molar-refractivity contribution in [2.75, 3.05) is 7.11 Å². The predicted octanol–water partition coefficient (Wildman–Crippen LogP) is 1.41. The highest BCUT2D eigenvalue weighted by Gasteiger charge is 2.17. The van der Waals surface area contributed by atoms with Gasteiger partial charge in [-0.1, -0.05) is 12.1 Å². The number of nitrogens with two attached hydrogens (primary N) is 1. The van der Waals surface area contributed by atoms with Gasteiger partial charge in [-0.3, -0.25) is 4.79 Å². The van der Waals surface area contributed by atoms with Crippen molar-refractivity contribution in [1.82, 2.24) is 5.32 Å². The SMILES string of the molecule is COc1ccc(CNC(=O)c2ccc(F)c(S(N)(=O)=O)c2)cc1. The van der Waals surface area contributed by atoms with E-state index in [0.717, 1.165) is 17.7 Å². The van der Waals surface area contributed by atoms with Crippen molar-refractivity contribution < 1.29 is 22.3 Å². The maximum absolute atomic E-state index is 13.4. The summed E-state index contributed by atoms with van der Waals surface area (Å²) in [5.41, 5.74) is 0.830. The predicted molar refractivity (Wildman–Crippen MR) is 81.9 cm³/mol. The summed E-state index contributed by atoms with van der Waals surface area (Å²) >= 11 is 0. The Balaban J connectivity index is 2.11. The number of halogens is 1. The first kappa shape index (κ1) is 16.9. The van der Waals surface area contributed by atoms with Crippen molar-refractivity contribution >= 4 is 15.9 Å². The number of nitrogens with one attached hydrogen (secondary N) is 1. The molecule has 0 aliphatic rings. The maximum Gasteiger partial charge on any atom is 0.251 e. The number of carbonyl (C=O) groups is 1. The highest BCUT2D eigenvalue weighted by molar-refractivity contribution is 7.89. The lowest BCUT2D eigenvalue weighted by Gasteiger charge is -2.08. The van der Waals surface area contributed by atoms with Gasteiger partial charge in [-0.25, -0.2) is 17.9 Å². The Morgan fingerprint density at radius 2 is 1.87 bits per heavy atom. The number of ether oxygens (including phenoxy) is 1. The fraction of sp³-hybridized carbons (Fsp3) is 0.133. The van der Waals surface area contributed by atoms with E-state index in [9.17, 15) is 17.6 Å². The Bertz CT molecular complexity index is 820. The summed E-state index contributed by atoms with van der Waals surface area (Å²) < 4.78 is 41.0. The van der Waals surface area contributed by atoms with Gasteiger partial charge in [-0.15, -0.1) is 0 Å². The largest absolute Gasteiger partial charge is 0.497 e. The molecule has 3 N–H and O–H groups in total. The van der Waals surface area contributed by atoms with Crippen LogP contribution in [0.5, 0.6) is 5.75 Å². The van der Waals surface area contributed by atoms with Crippen LogP contribution >= 0.6 is 0 Å². The van der Waals surface area contributed by atoms with Crippen LogP contribution in [0.1, 0.15) is 15.9 Å². The van der Waals surface area contributed by atoms with Crippen LogP contribution in [-0.4, -0.2) is 21.4 Å². The Labute approximate surface area is 133 Å². The minimum absolute atomic E-state index is 0.00365. The topological polar surface area (TPSA) is 98.5 Å². The molecule has 0 radical (unpaired) electrons. The Morgan fingerprint density at radius 1 is 1.22 bits per heavy atom. The number of benzene rings is 2. The minimum Gasteiger partial charge on any atom is -0.497 e. The standard InChI is InChI=1S/C15H15FN2O4S/c1-22-12-5-2-10(3-6-12)9-18-15(19)11-4-7-13(16)14(8-11)23(17,20)21/h2-8H,9H2,1H3,(H,18,19)(H2,17,20,21). The van der Waals surface area contributed by atoms with E-state index in [-0.39, 0.29) is 12.1 Å². The van der Waals surface area contributed by atoms with Crippen molar-refractivity contribution in [3.8, 4) is 5.75 Å². The summed E-state index contributed by atoms with van der Waals surface area (Å²) in [5.74, 6) is -0.846. The van der Waals surface area contributed by atoms with Crippen molar-refractivity contribution in [2.45, 2.75) is 11.4 Å². The van der Waals surface area contributed by atoms with Gasteiger partial charge in [-0.2, -0.15) is 0 Å². The Kier molecular flexibility index (Phi) is 4.97. The Morgan fingerprint density at radius 3 is 2.43 bits per heavy atom. The van der Waals surface area contributed by atoms with Crippen molar-refractivity contribution in [3.63, 3.8) is 0 Å². The monoisotopic (exact) mass is 338 g/mol. The van der Waals surface area contributed by atoms with E-state index < -0.39 is 26.6 Å². The molecule has 0 aliphatic heterocycles. The van der Waals surface area contributed by atoms with Crippen LogP contribution in [0, 0.1) is 5.82 Å². The molecule has 6 nitrogen and oxygen atoms in total. The lowest BCUT2D eigenvalue weighted by molar-refractivity contribution is 0.0950. The zero-order chi connectivity index (χ0) is 17.0. The molecule has 122 valence electrons. The molecule has 0 heterocycles. The van der Waals surface area contributed by atoms with E-state index in [1.807, 2.05) is 0 Å². The molecule has 0 bridgehead atoms. The van der Waals surface area contributed by atoms with E-state index in [4.69, 9.17) is 9.88 Å². The molecule has 0 spiro atoms. The third-order valence-corrected chi connectivity index (χ3v) is 4.04. The lowest BCUT2D eigenvalue weighted by Crippen LogP contribution is -2.23. The van der Waals surface area contributed by atoms with Crippen LogP contribution < -0.4 is 15.2 Å². The second kappa shape index (κ2) is 6.76. The lowest BCUT2D eigenvalue weighted by atomic mass is 10.2. The average molecular weight is 338 g/mol. The quantitative estimate of drug-likeness (QED) is 0.861. The number of amides is 1. The molecule has 0 atom stereocenters. The van der Waals surface area contributed by atoms with Gasteiger partial charge in [0.15, 0.2) is 0 Å². The van der Waals surface area contributed by atoms with Crippen LogP contribution in [0.15, 0.2) is 47.4 Å². The average Bonchev–Trinajstić information content (AvgIpc) is 2.52. The minimum atomic E-state index is -4.23. The maximum atomic E-state index is 13.4. The van der Waals surface area contributed by atoms with Crippen LogP contribution in [0.2, 0.25) is 0 Å². The number of hydrogen-bond acceptors (Lipinski definition) is 4. The molecule has 8 heteroatoms. The Hall–Kier alpha value is -2.45. The number of carbonyl (C=O) groups excluding carboxylic acids is 1. The zero-order valence-corrected chi connectivity index (χ0v) is 13.1. The number of primary sulfonamides is 1. The number of methoxy groups -OCH3 is 1. The number of rotatable bonds is 5. The zero-order valence-electron chi connectivity index (χ0n) is 12.2. The van der Waals surface area contributed by atoms with E-state index in [2.05, 4.69) is 5.32 Å². The van der Waals surface area contributed by atoms with Crippen molar-refractivity contribution in [3.05, 3.63) is 59.4 Å². The van der Waals surface area contributed by atoms with Gasteiger partial charge in [0.05, 0.1) is 7.11 Å². The third kappa shape index (κ3) is 4.27. The van der Waals surface area contributed by atoms with Gasteiger partial charge in [0.1, 0.15) is 16.5 Å². The van der Waals surface area contributed by atoms with Gasteiger partial charge in [0.25, 0.3) is 5.91 Å². The van der Waals surface area contributed by atoms with Crippen LogP contribution in [0.3, 0.4) is 0 Å². The van der Waals surface area contributed by atoms with Crippen molar-refractivity contribution in [2.24, 2.45) is 5.14 Å². The molecular weight excluding hydrogens is 323 g/mol. The van der Waals surface area contributed by atoms with Crippen molar-refractivity contribution in [1.29, 1.82) is 0 Å². The molecule has 0 saturated heterocycles. The molecule has 0 aliphatic carbocycles. The molecule has 0 saturated carbocycles. The molecule has 2 aromatic carbocycles. The highest BCUT2D eigenvalue weighted by Crippen LogP contribution is 2.15. The fourth-order valence-corrected chi connectivity index (χ4v) is 2.52. The number of sulfonamides is 1. The van der Waals surface area contributed by atoms with Gasteiger partial charge >= 0.3 is 0 Å². The highest BCUT2D eigenvalue weighted by atomic mass is 32.2. The molecule has 23 heavy (non-hydrogen) atoms. The summed E-state index contributed by atoms with van der Waals surface area (Å²) in [6.07, 6.45) is 0. The van der Waals surface area contributed by atoms with Crippen LogP contribution in [0.25, 0.3) is 0 Å². The molecule has 0 unspecified atom stereocenters. The first-order chi connectivity index (χ1) is 10.8. The van der Waals surface area contributed by atoms with Crippen LogP contribution in [-0.2, 0) is 16.6 Å². The van der Waals surface area contributed by atoms with E-state index in [1.54, 1.807) is 31.4 Å². The first-order valence-electron chi connectivity index (χ1n) is 6.55. The van der Waals surface area contributed by atoms with Gasteiger partial charge in [-0.05, 0) is 35.9 Å². The molecule has 2 rings (SSSR count). The van der Waals surface area contributed by atoms with E-state index in [1.165, 1.54) is 6.07 Å². The molecular formula is C15H15FN2O4S. The molecule has 2 aromatic rings. The summed E-state index contributed by atoms with van der Waals surface area (Å²) in [7, 11) is -2.68. The first-order valence-corrected chi connectivity index (χ1v) is 8.09. The number of hydrogen-bond donors (Lipinski definition) is 2. The molecule has 0 aromatic heterocycles.